The molecule has 0 unspecified atom stereocenters. The second-order valence-corrected chi connectivity index (χ2v) is 5.88. The highest BCUT2D eigenvalue weighted by molar-refractivity contribution is 7.80. The predicted octanol–water partition coefficient (Wildman–Crippen LogP) is 3.93. The second kappa shape index (κ2) is 9.58. The molecule has 2 rings (SSSR count). The van der Waals surface area contributed by atoms with Crippen LogP contribution in [-0.4, -0.2) is 16.9 Å². The van der Waals surface area contributed by atoms with E-state index in [0.29, 0.717) is 17.8 Å². The molecule has 0 aliphatic heterocycles. The summed E-state index contributed by atoms with van der Waals surface area (Å²) in [6.45, 7) is 2.10. The number of anilines is 2. The first kappa shape index (κ1) is 18.7. The minimum absolute atomic E-state index is 0.0145. The van der Waals surface area contributed by atoms with Crippen molar-refractivity contribution in [3.05, 3.63) is 48.4 Å². The van der Waals surface area contributed by atoms with Gasteiger partial charge in [0.1, 0.15) is 0 Å². The maximum Gasteiger partial charge on any atom is 0.293 e. The number of amides is 2. The number of hydrogen-bond donors (Lipinski definition) is 3. The van der Waals surface area contributed by atoms with Gasteiger partial charge in [0, 0.05) is 17.8 Å². The van der Waals surface area contributed by atoms with Crippen molar-refractivity contribution >= 4 is 40.5 Å². The highest BCUT2D eigenvalue weighted by Crippen LogP contribution is 2.16. The SMILES string of the molecule is CCCCCC(=O)Nc1cccc(NC(=S)NC(=O)c2ccco2)c1. The molecule has 0 aliphatic carbocycles. The second-order valence-electron chi connectivity index (χ2n) is 5.47. The Morgan fingerprint density at radius 1 is 1.08 bits per heavy atom. The van der Waals surface area contributed by atoms with Gasteiger partial charge in [-0.15, -0.1) is 0 Å². The van der Waals surface area contributed by atoms with Crippen LogP contribution in [0.5, 0.6) is 0 Å². The molecule has 0 spiro atoms. The van der Waals surface area contributed by atoms with Crippen molar-refractivity contribution in [2.45, 2.75) is 32.6 Å². The summed E-state index contributed by atoms with van der Waals surface area (Å²) in [6.07, 6.45) is 4.91. The monoisotopic (exact) mass is 359 g/mol. The van der Waals surface area contributed by atoms with Gasteiger partial charge in [0.25, 0.3) is 5.91 Å². The van der Waals surface area contributed by atoms with E-state index in [9.17, 15) is 9.59 Å². The summed E-state index contributed by atoms with van der Waals surface area (Å²) < 4.78 is 5.00. The molecule has 1 aromatic carbocycles. The van der Waals surface area contributed by atoms with E-state index in [2.05, 4.69) is 22.9 Å². The molecule has 7 heteroatoms. The van der Waals surface area contributed by atoms with Crippen LogP contribution in [-0.2, 0) is 4.79 Å². The molecule has 1 heterocycles. The number of hydrogen-bond acceptors (Lipinski definition) is 4. The number of rotatable bonds is 7. The molecule has 0 atom stereocenters. The van der Waals surface area contributed by atoms with Crippen molar-refractivity contribution in [2.24, 2.45) is 0 Å². The molecule has 1 aromatic heterocycles. The minimum Gasteiger partial charge on any atom is -0.459 e. The predicted molar refractivity (Wildman–Crippen MR) is 102 cm³/mol. The molecule has 6 nitrogen and oxygen atoms in total. The Morgan fingerprint density at radius 3 is 2.52 bits per heavy atom. The summed E-state index contributed by atoms with van der Waals surface area (Å²) in [5.41, 5.74) is 1.34. The average Bonchev–Trinajstić information content (AvgIpc) is 3.10. The zero-order valence-electron chi connectivity index (χ0n) is 14.0. The van der Waals surface area contributed by atoms with Crippen molar-refractivity contribution in [1.29, 1.82) is 0 Å². The summed E-state index contributed by atoms with van der Waals surface area (Å²) in [5.74, 6) is -0.264. The number of furan rings is 1. The Morgan fingerprint density at radius 2 is 1.84 bits per heavy atom. The maximum atomic E-state index is 11.9. The van der Waals surface area contributed by atoms with E-state index in [4.69, 9.17) is 16.6 Å². The summed E-state index contributed by atoms with van der Waals surface area (Å²) in [4.78, 5) is 23.7. The van der Waals surface area contributed by atoms with Gasteiger partial charge in [0.2, 0.25) is 5.91 Å². The lowest BCUT2D eigenvalue weighted by atomic mass is 10.2. The van der Waals surface area contributed by atoms with E-state index in [1.807, 2.05) is 0 Å². The molecule has 132 valence electrons. The van der Waals surface area contributed by atoms with Gasteiger partial charge in [0.05, 0.1) is 6.26 Å². The Labute approximate surface area is 152 Å². The molecular weight excluding hydrogens is 338 g/mol. The zero-order chi connectivity index (χ0) is 18.1. The molecule has 0 aliphatic rings. The molecule has 0 saturated carbocycles. The van der Waals surface area contributed by atoms with E-state index in [-0.39, 0.29) is 16.8 Å². The standard InChI is InChI=1S/C18H21N3O3S/c1-2-3-4-10-16(22)19-13-7-5-8-14(12-13)20-18(25)21-17(23)15-9-6-11-24-15/h5-9,11-12H,2-4,10H2,1H3,(H,19,22)(H2,20,21,23,25). The number of benzene rings is 1. The quantitative estimate of drug-likeness (QED) is 0.515. The molecule has 0 saturated heterocycles. The number of carbonyl (C=O) groups excluding carboxylic acids is 2. The van der Waals surface area contributed by atoms with Crippen LogP contribution in [0.3, 0.4) is 0 Å². The smallest absolute Gasteiger partial charge is 0.293 e. The summed E-state index contributed by atoms with van der Waals surface area (Å²) in [5, 5.41) is 8.43. The Balaban J connectivity index is 1.87. The van der Waals surface area contributed by atoms with E-state index in [1.54, 1.807) is 36.4 Å². The summed E-state index contributed by atoms with van der Waals surface area (Å²) in [6, 6.07) is 10.3. The minimum atomic E-state index is -0.428. The van der Waals surface area contributed by atoms with Gasteiger partial charge in [-0.1, -0.05) is 25.8 Å². The molecular formula is C18H21N3O3S. The molecule has 2 aromatic rings. The fraction of sp³-hybridized carbons (Fsp3) is 0.278. The fourth-order valence-corrected chi connectivity index (χ4v) is 2.38. The Hall–Kier alpha value is -2.67. The summed E-state index contributed by atoms with van der Waals surface area (Å²) in [7, 11) is 0. The Bertz CT molecular complexity index is 729. The third kappa shape index (κ3) is 6.39. The van der Waals surface area contributed by atoms with Gasteiger partial charge in [-0.25, -0.2) is 0 Å². The van der Waals surface area contributed by atoms with Crippen molar-refractivity contribution in [2.75, 3.05) is 10.6 Å². The lowest BCUT2D eigenvalue weighted by Crippen LogP contribution is -2.33. The largest absolute Gasteiger partial charge is 0.459 e. The molecule has 2 amide bonds. The molecule has 0 radical (unpaired) electrons. The zero-order valence-corrected chi connectivity index (χ0v) is 14.8. The molecule has 0 bridgehead atoms. The van der Waals surface area contributed by atoms with E-state index in [0.717, 1.165) is 19.3 Å². The van der Waals surface area contributed by atoms with Gasteiger partial charge in [-0.05, 0) is 49.0 Å². The maximum absolute atomic E-state index is 11.9. The van der Waals surface area contributed by atoms with E-state index >= 15 is 0 Å². The first-order valence-electron chi connectivity index (χ1n) is 8.14. The topological polar surface area (TPSA) is 83.4 Å². The number of nitrogens with one attached hydrogen (secondary N) is 3. The molecule has 25 heavy (non-hydrogen) atoms. The third-order valence-electron chi connectivity index (χ3n) is 3.38. The molecule has 0 fully saturated rings. The van der Waals surface area contributed by atoms with Crippen molar-refractivity contribution < 1.29 is 14.0 Å². The highest BCUT2D eigenvalue weighted by Gasteiger charge is 2.10. The van der Waals surface area contributed by atoms with Gasteiger partial charge in [-0.3, -0.25) is 14.9 Å². The van der Waals surface area contributed by atoms with E-state index < -0.39 is 5.91 Å². The number of thiocarbonyl (C=S) groups is 1. The van der Waals surface area contributed by atoms with Crippen LogP contribution in [0.25, 0.3) is 0 Å². The van der Waals surface area contributed by atoms with Crippen molar-refractivity contribution in [1.82, 2.24) is 5.32 Å². The van der Waals surface area contributed by atoms with Crippen LogP contribution in [0.15, 0.2) is 47.1 Å². The van der Waals surface area contributed by atoms with Crippen LogP contribution in [0.1, 0.15) is 43.2 Å². The first-order valence-corrected chi connectivity index (χ1v) is 8.55. The van der Waals surface area contributed by atoms with Gasteiger partial charge < -0.3 is 15.1 Å². The van der Waals surface area contributed by atoms with Crippen LogP contribution in [0.4, 0.5) is 11.4 Å². The highest BCUT2D eigenvalue weighted by atomic mass is 32.1. The fourth-order valence-electron chi connectivity index (χ4n) is 2.17. The molecule has 3 N–H and O–H groups in total. The average molecular weight is 359 g/mol. The van der Waals surface area contributed by atoms with Crippen LogP contribution in [0.2, 0.25) is 0 Å². The number of carbonyl (C=O) groups is 2. The lowest BCUT2D eigenvalue weighted by Gasteiger charge is -2.11. The van der Waals surface area contributed by atoms with Crippen LogP contribution < -0.4 is 16.0 Å². The van der Waals surface area contributed by atoms with E-state index in [1.165, 1.54) is 6.26 Å². The lowest BCUT2D eigenvalue weighted by molar-refractivity contribution is -0.116. The number of unbranched alkanes of at least 4 members (excludes halogenated alkanes) is 2. The summed E-state index contributed by atoms with van der Waals surface area (Å²) >= 11 is 5.12. The van der Waals surface area contributed by atoms with Gasteiger partial charge >= 0.3 is 0 Å². The van der Waals surface area contributed by atoms with Crippen molar-refractivity contribution in [3.63, 3.8) is 0 Å². The van der Waals surface area contributed by atoms with Crippen molar-refractivity contribution in [3.8, 4) is 0 Å². The van der Waals surface area contributed by atoms with Crippen LogP contribution >= 0.6 is 12.2 Å². The Kier molecular flexibility index (Phi) is 7.16. The first-order chi connectivity index (χ1) is 12.1. The van der Waals surface area contributed by atoms with Gasteiger partial charge in [0.15, 0.2) is 10.9 Å². The van der Waals surface area contributed by atoms with Crippen LogP contribution in [0, 0.1) is 0 Å². The van der Waals surface area contributed by atoms with Gasteiger partial charge in [-0.2, -0.15) is 0 Å². The third-order valence-corrected chi connectivity index (χ3v) is 3.59. The normalized spacial score (nSPS) is 10.1.